The van der Waals surface area contributed by atoms with E-state index >= 15 is 0 Å². The van der Waals surface area contributed by atoms with Gasteiger partial charge in [-0.3, -0.25) is 0 Å². The summed E-state index contributed by atoms with van der Waals surface area (Å²) in [5, 5.41) is 9.68. The number of hydrogen-bond donors (Lipinski definition) is 1. The second-order valence-corrected chi connectivity index (χ2v) is 6.36. The number of phenols is 1. The van der Waals surface area contributed by atoms with Crippen molar-refractivity contribution in [2.45, 2.75) is 13.3 Å². The first kappa shape index (κ1) is 15.5. The first-order valence-corrected chi connectivity index (χ1v) is 8.54. The van der Waals surface area contributed by atoms with Gasteiger partial charge in [-0.25, -0.2) is 0 Å². The van der Waals surface area contributed by atoms with Crippen LogP contribution in [0, 0.1) is 6.92 Å². The Hall–Kier alpha value is -3.00. The van der Waals surface area contributed by atoms with Crippen molar-refractivity contribution >= 4 is 11.1 Å². The highest BCUT2D eigenvalue weighted by atomic mass is 16.5. The van der Waals surface area contributed by atoms with Crippen molar-refractivity contribution in [3.8, 4) is 11.5 Å². The van der Waals surface area contributed by atoms with Crippen molar-refractivity contribution in [1.29, 1.82) is 0 Å². The van der Waals surface area contributed by atoms with Gasteiger partial charge in [0.05, 0.1) is 6.61 Å². The first-order chi connectivity index (χ1) is 12.2. The number of phenolic OH excluding ortho intramolecular Hbond substituents is 1. The molecule has 0 spiro atoms. The van der Waals surface area contributed by atoms with Crippen LogP contribution in [0.4, 0.5) is 0 Å². The average molecular weight is 328 g/mol. The summed E-state index contributed by atoms with van der Waals surface area (Å²) in [5.41, 5.74) is 7.12. The molecule has 0 bridgehead atoms. The summed E-state index contributed by atoms with van der Waals surface area (Å²) in [7, 11) is 0. The van der Waals surface area contributed by atoms with Gasteiger partial charge in [0.2, 0.25) is 0 Å². The van der Waals surface area contributed by atoms with Crippen LogP contribution in [0.1, 0.15) is 28.7 Å². The Bertz CT molecular complexity index is 936. The van der Waals surface area contributed by atoms with Crippen LogP contribution in [0.25, 0.3) is 11.1 Å². The second kappa shape index (κ2) is 6.48. The van der Waals surface area contributed by atoms with Gasteiger partial charge >= 0.3 is 0 Å². The fourth-order valence-corrected chi connectivity index (χ4v) is 3.43. The lowest BCUT2D eigenvalue weighted by Crippen LogP contribution is -1.97. The minimum atomic E-state index is 0.277. The summed E-state index contributed by atoms with van der Waals surface area (Å²) in [6.45, 7) is 2.77. The van der Waals surface area contributed by atoms with Crippen molar-refractivity contribution in [2.75, 3.05) is 6.61 Å². The molecule has 1 N–H and O–H groups in total. The third-order valence-electron chi connectivity index (χ3n) is 4.59. The topological polar surface area (TPSA) is 29.5 Å². The maximum Gasteiger partial charge on any atom is 0.127 e. The predicted octanol–water partition coefficient (Wildman–Crippen LogP) is 5.44. The van der Waals surface area contributed by atoms with E-state index in [-0.39, 0.29) is 5.75 Å². The van der Waals surface area contributed by atoms with Crippen molar-refractivity contribution in [1.82, 2.24) is 0 Å². The van der Waals surface area contributed by atoms with E-state index in [4.69, 9.17) is 4.74 Å². The summed E-state index contributed by atoms with van der Waals surface area (Å²) in [4.78, 5) is 0. The van der Waals surface area contributed by atoms with E-state index in [1.807, 2.05) is 30.3 Å². The van der Waals surface area contributed by atoms with E-state index in [0.717, 1.165) is 23.3 Å². The molecule has 124 valence electrons. The lowest BCUT2D eigenvalue weighted by atomic mass is 9.88. The maximum absolute atomic E-state index is 9.68. The minimum Gasteiger partial charge on any atom is -0.508 e. The standard InChI is InChI=1S/C23H20O2/c1-16-5-4-6-18(15-16)20-13-14-25-22-8-3-2-7-21(22)23(20)17-9-11-19(24)12-10-17/h2-12,15,24H,13-14H2,1H3. The van der Waals surface area contributed by atoms with Crippen molar-refractivity contribution in [3.05, 3.63) is 95.1 Å². The van der Waals surface area contributed by atoms with Gasteiger partial charge in [-0.2, -0.15) is 0 Å². The molecule has 0 radical (unpaired) electrons. The quantitative estimate of drug-likeness (QED) is 0.678. The van der Waals surface area contributed by atoms with E-state index in [2.05, 4.69) is 37.3 Å². The Labute approximate surface area is 148 Å². The number of ether oxygens (including phenoxy) is 1. The molecule has 2 heteroatoms. The molecule has 0 atom stereocenters. The molecule has 0 saturated carbocycles. The van der Waals surface area contributed by atoms with Crippen LogP contribution in [-0.4, -0.2) is 11.7 Å². The summed E-state index contributed by atoms with van der Waals surface area (Å²) < 4.78 is 6.01. The Morgan fingerprint density at radius 2 is 1.64 bits per heavy atom. The summed E-state index contributed by atoms with van der Waals surface area (Å²) >= 11 is 0. The van der Waals surface area contributed by atoms with Crippen molar-refractivity contribution in [2.24, 2.45) is 0 Å². The molecule has 0 unspecified atom stereocenters. The zero-order valence-corrected chi connectivity index (χ0v) is 14.2. The lowest BCUT2D eigenvalue weighted by molar-refractivity contribution is 0.328. The van der Waals surface area contributed by atoms with Gasteiger partial charge in [0.15, 0.2) is 0 Å². The number of fused-ring (bicyclic) bond motifs is 1. The van der Waals surface area contributed by atoms with Gasteiger partial charge in [0.1, 0.15) is 11.5 Å². The third kappa shape index (κ3) is 3.03. The molecule has 1 aliphatic heterocycles. The minimum absolute atomic E-state index is 0.277. The number of aryl methyl sites for hydroxylation is 1. The fourth-order valence-electron chi connectivity index (χ4n) is 3.43. The zero-order valence-electron chi connectivity index (χ0n) is 14.2. The molecule has 0 aliphatic carbocycles. The van der Waals surface area contributed by atoms with E-state index in [0.29, 0.717) is 6.61 Å². The smallest absolute Gasteiger partial charge is 0.127 e. The normalized spacial score (nSPS) is 13.8. The van der Waals surface area contributed by atoms with Crippen LogP contribution in [0.5, 0.6) is 11.5 Å². The Balaban J connectivity index is 2.01. The lowest BCUT2D eigenvalue weighted by Gasteiger charge is -2.15. The molecule has 3 aromatic carbocycles. The summed E-state index contributed by atoms with van der Waals surface area (Å²) in [5.74, 6) is 1.19. The summed E-state index contributed by atoms with van der Waals surface area (Å²) in [6, 6.07) is 24.2. The van der Waals surface area contributed by atoms with Crippen LogP contribution in [0.15, 0.2) is 72.8 Å². The van der Waals surface area contributed by atoms with Crippen LogP contribution < -0.4 is 4.74 Å². The Morgan fingerprint density at radius 1 is 0.840 bits per heavy atom. The monoisotopic (exact) mass is 328 g/mol. The zero-order chi connectivity index (χ0) is 17.2. The molecule has 3 aromatic rings. The number of hydrogen-bond acceptors (Lipinski definition) is 2. The number of para-hydroxylation sites is 1. The van der Waals surface area contributed by atoms with Crippen LogP contribution >= 0.6 is 0 Å². The SMILES string of the molecule is Cc1cccc(C2=C(c3ccc(O)cc3)c3ccccc3OCC2)c1. The average Bonchev–Trinajstić information content (AvgIpc) is 2.82. The van der Waals surface area contributed by atoms with Gasteiger partial charge < -0.3 is 9.84 Å². The molecule has 1 aliphatic rings. The van der Waals surface area contributed by atoms with Gasteiger partial charge in [-0.15, -0.1) is 0 Å². The number of rotatable bonds is 2. The van der Waals surface area contributed by atoms with E-state index in [1.54, 1.807) is 12.1 Å². The summed E-state index contributed by atoms with van der Waals surface area (Å²) in [6.07, 6.45) is 0.842. The maximum atomic E-state index is 9.68. The highest BCUT2D eigenvalue weighted by molar-refractivity contribution is 6.00. The van der Waals surface area contributed by atoms with E-state index < -0.39 is 0 Å². The van der Waals surface area contributed by atoms with Crippen LogP contribution in [-0.2, 0) is 0 Å². The molecule has 0 amide bonds. The van der Waals surface area contributed by atoms with Crippen LogP contribution in [0.2, 0.25) is 0 Å². The van der Waals surface area contributed by atoms with Crippen molar-refractivity contribution in [3.63, 3.8) is 0 Å². The largest absolute Gasteiger partial charge is 0.508 e. The van der Waals surface area contributed by atoms with Gasteiger partial charge in [0, 0.05) is 12.0 Å². The third-order valence-corrected chi connectivity index (χ3v) is 4.59. The van der Waals surface area contributed by atoms with Gasteiger partial charge in [0.25, 0.3) is 0 Å². The van der Waals surface area contributed by atoms with Gasteiger partial charge in [-0.05, 0) is 47.4 Å². The highest BCUT2D eigenvalue weighted by Crippen LogP contribution is 2.41. The van der Waals surface area contributed by atoms with E-state index in [1.165, 1.54) is 22.3 Å². The molecule has 4 rings (SSSR count). The Morgan fingerprint density at radius 3 is 2.44 bits per heavy atom. The molecule has 0 saturated heterocycles. The second-order valence-electron chi connectivity index (χ2n) is 6.36. The fraction of sp³-hybridized carbons (Fsp3) is 0.130. The predicted molar refractivity (Wildman–Crippen MR) is 102 cm³/mol. The Kier molecular flexibility index (Phi) is 4.02. The number of aromatic hydroxyl groups is 1. The molecule has 0 fully saturated rings. The molecule has 25 heavy (non-hydrogen) atoms. The highest BCUT2D eigenvalue weighted by Gasteiger charge is 2.20. The number of benzene rings is 3. The molecular weight excluding hydrogens is 308 g/mol. The van der Waals surface area contributed by atoms with Crippen LogP contribution in [0.3, 0.4) is 0 Å². The van der Waals surface area contributed by atoms with Gasteiger partial charge in [-0.1, -0.05) is 60.2 Å². The van der Waals surface area contributed by atoms with E-state index in [9.17, 15) is 5.11 Å². The molecule has 2 nitrogen and oxygen atoms in total. The van der Waals surface area contributed by atoms with Crippen molar-refractivity contribution < 1.29 is 9.84 Å². The molecule has 0 aromatic heterocycles. The first-order valence-electron chi connectivity index (χ1n) is 8.54. The molecule has 1 heterocycles. The molecular formula is C23H20O2.